The highest BCUT2D eigenvalue weighted by atomic mass is 15.2. The fourth-order valence-electron chi connectivity index (χ4n) is 18.2. The Morgan fingerprint density at radius 3 is 1.20 bits per heavy atom. The first-order valence-electron chi connectivity index (χ1n) is 37.7. The lowest BCUT2D eigenvalue weighted by Gasteiger charge is -2.45. The average Bonchev–Trinajstić information content (AvgIpc) is 1.56. The Labute approximate surface area is 619 Å². The highest BCUT2D eigenvalue weighted by Gasteiger charge is 2.54. The molecule has 15 aromatic rings. The molecule has 1 spiro atoms. The third-order valence-corrected chi connectivity index (χ3v) is 23.5. The number of nitrogens with zero attached hydrogens (tertiary/aromatic N) is 3. The van der Waals surface area contributed by atoms with E-state index in [4.69, 9.17) is 0 Å². The monoisotopic (exact) mass is 1350 g/mol. The lowest BCUT2D eigenvalue weighted by atomic mass is 9.33. The van der Waals surface area contributed by atoms with Crippen molar-refractivity contribution in [2.45, 2.75) is 110 Å². The maximum absolute atomic E-state index is 2.71. The van der Waals surface area contributed by atoms with Gasteiger partial charge in [-0.2, -0.15) is 0 Å². The highest BCUT2D eigenvalue weighted by Crippen LogP contribution is 2.64. The summed E-state index contributed by atoms with van der Waals surface area (Å²) < 4.78 is 2.61. The van der Waals surface area contributed by atoms with Gasteiger partial charge in [-0.05, 0) is 217 Å². The van der Waals surface area contributed by atoms with E-state index in [1.807, 2.05) is 0 Å². The topological polar surface area (TPSA) is 11.4 Å². The molecule has 0 amide bonds. The summed E-state index contributed by atoms with van der Waals surface area (Å²) in [4.78, 5) is 5.39. The molecule has 0 saturated carbocycles. The molecule has 3 heterocycles. The van der Waals surface area contributed by atoms with E-state index in [0.29, 0.717) is 0 Å². The summed E-state index contributed by atoms with van der Waals surface area (Å²) >= 11 is 0. The molecular weight excluding hydrogens is 1270 g/mol. The van der Waals surface area contributed by atoms with E-state index in [-0.39, 0.29) is 28.4 Å². The number of hydrogen-bond acceptors (Lipinski definition) is 2. The molecule has 4 aliphatic rings. The largest absolute Gasteiger partial charge is 0.311 e. The van der Waals surface area contributed by atoms with Crippen molar-refractivity contribution in [1.82, 2.24) is 4.57 Å². The van der Waals surface area contributed by atoms with Crippen LogP contribution in [0.2, 0.25) is 0 Å². The van der Waals surface area contributed by atoms with Crippen LogP contribution in [0.25, 0.3) is 94.3 Å². The van der Waals surface area contributed by atoms with Crippen LogP contribution in [0.3, 0.4) is 0 Å². The van der Waals surface area contributed by atoms with Crippen LogP contribution in [0.5, 0.6) is 0 Å². The van der Waals surface area contributed by atoms with Crippen LogP contribution in [0.1, 0.15) is 128 Å². The molecule has 1 aromatic heterocycles. The molecule has 0 fully saturated rings. The SMILES string of the molecule is CC(C)(C)c1cc(-c2ccc3c(c2)N(c2ccccc2-c2ccccc2)c2cc(-n4c5ccc(C(C)(C)C)cc5c5cc(C(C)(C)C)ccc54)cc4c2B3c2cc3c(cc2N4c2cc(-c4ccccc4)cc(-c4ccccc4)c2)-c2ccccc2C32c3ccccc3-c3ccccc32)cc(C(C)(C)C)c1. The fourth-order valence-corrected chi connectivity index (χ4v) is 18.2. The molecule has 0 saturated heterocycles. The van der Waals surface area contributed by atoms with Gasteiger partial charge >= 0.3 is 0 Å². The van der Waals surface area contributed by atoms with Crippen LogP contribution in [0, 0.1) is 0 Å². The zero-order chi connectivity index (χ0) is 71.8. The zero-order valence-corrected chi connectivity index (χ0v) is 62.3. The molecule has 2 aliphatic heterocycles. The van der Waals surface area contributed by atoms with Gasteiger partial charge in [-0.1, -0.05) is 314 Å². The van der Waals surface area contributed by atoms with Crippen LogP contribution >= 0.6 is 0 Å². The minimum Gasteiger partial charge on any atom is -0.311 e. The van der Waals surface area contributed by atoms with E-state index in [2.05, 4.69) is 401 Å². The number of rotatable bonds is 7. The molecule has 105 heavy (non-hydrogen) atoms. The maximum Gasteiger partial charge on any atom is 0.252 e. The molecule has 3 nitrogen and oxygen atoms in total. The van der Waals surface area contributed by atoms with Crippen LogP contribution < -0.4 is 26.2 Å². The molecule has 0 bridgehead atoms. The number of benzene rings is 14. The number of aromatic nitrogens is 1. The molecule has 508 valence electrons. The first-order chi connectivity index (χ1) is 50.6. The smallest absolute Gasteiger partial charge is 0.252 e. The van der Waals surface area contributed by atoms with Gasteiger partial charge in [0.25, 0.3) is 6.71 Å². The van der Waals surface area contributed by atoms with Crippen molar-refractivity contribution >= 4 is 79.0 Å². The van der Waals surface area contributed by atoms with Gasteiger partial charge in [0.05, 0.1) is 27.8 Å². The van der Waals surface area contributed by atoms with Gasteiger partial charge in [-0.3, -0.25) is 0 Å². The van der Waals surface area contributed by atoms with Crippen molar-refractivity contribution in [3.05, 3.63) is 348 Å². The first kappa shape index (κ1) is 64.4. The molecule has 0 atom stereocenters. The molecule has 0 N–H and O–H groups in total. The predicted octanol–water partition coefficient (Wildman–Crippen LogP) is 25.1. The predicted molar refractivity (Wildman–Crippen MR) is 448 cm³/mol. The van der Waals surface area contributed by atoms with E-state index in [1.165, 1.54) is 116 Å². The third kappa shape index (κ3) is 9.99. The summed E-state index contributed by atoms with van der Waals surface area (Å²) in [5.41, 5.74) is 38.1. The van der Waals surface area contributed by atoms with E-state index in [9.17, 15) is 0 Å². The number of anilines is 6. The normalized spacial score (nSPS) is 13.9. The Balaban J connectivity index is 1.00. The van der Waals surface area contributed by atoms with Crippen LogP contribution in [-0.2, 0) is 27.1 Å². The lowest BCUT2D eigenvalue weighted by Crippen LogP contribution is -2.61. The quantitative estimate of drug-likeness (QED) is 0.147. The molecule has 0 radical (unpaired) electrons. The number of hydrogen-bond donors (Lipinski definition) is 0. The van der Waals surface area contributed by atoms with Gasteiger partial charge in [-0.15, -0.1) is 0 Å². The summed E-state index contributed by atoms with van der Waals surface area (Å²) in [7, 11) is 0. The number of fused-ring (bicyclic) bond motifs is 17. The van der Waals surface area contributed by atoms with Crippen molar-refractivity contribution in [3.8, 4) is 72.4 Å². The second-order valence-electron chi connectivity index (χ2n) is 34.1. The Kier molecular flexibility index (Phi) is 14.3. The fraction of sp³-hybridized carbons (Fsp3) is 0.168. The van der Waals surface area contributed by atoms with Gasteiger partial charge in [0, 0.05) is 44.8 Å². The lowest BCUT2D eigenvalue weighted by molar-refractivity contribution is 0.569. The van der Waals surface area contributed by atoms with Crippen LogP contribution in [0.15, 0.2) is 303 Å². The van der Waals surface area contributed by atoms with Crippen LogP contribution in [0.4, 0.5) is 34.1 Å². The molecule has 0 unspecified atom stereocenters. The maximum atomic E-state index is 2.71. The van der Waals surface area contributed by atoms with Gasteiger partial charge in [0.15, 0.2) is 0 Å². The van der Waals surface area contributed by atoms with Gasteiger partial charge in [-0.25, -0.2) is 0 Å². The Morgan fingerprint density at radius 1 is 0.248 bits per heavy atom. The van der Waals surface area contributed by atoms with Crippen molar-refractivity contribution in [2.75, 3.05) is 9.80 Å². The molecule has 14 aromatic carbocycles. The molecule has 19 rings (SSSR count). The van der Waals surface area contributed by atoms with Crippen LogP contribution in [-0.4, -0.2) is 11.3 Å². The minimum atomic E-state index is -0.596. The van der Waals surface area contributed by atoms with Gasteiger partial charge in [0.2, 0.25) is 0 Å². The Morgan fingerprint density at radius 2 is 0.686 bits per heavy atom. The van der Waals surface area contributed by atoms with Crippen molar-refractivity contribution < 1.29 is 0 Å². The third-order valence-electron chi connectivity index (χ3n) is 23.5. The zero-order valence-electron chi connectivity index (χ0n) is 62.3. The second kappa shape index (κ2) is 23.3. The van der Waals surface area contributed by atoms with Crippen molar-refractivity contribution in [1.29, 1.82) is 0 Å². The Bertz CT molecular complexity index is 5880. The summed E-state index contributed by atoms with van der Waals surface area (Å²) in [6.07, 6.45) is 0. The van der Waals surface area contributed by atoms with E-state index in [1.54, 1.807) is 0 Å². The second-order valence-corrected chi connectivity index (χ2v) is 34.1. The molecule has 4 heteroatoms. The van der Waals surface area contributed by atoms with Crippen molar-refractivity contribution in [2.24, 2.45) is 0 Å². The highest BCUT2D eigenvalue weighted by molar-refractivity contribution is 7.00. The summed E-state index contributed by atoms with van der Waals surface area (Å²) in [6, 6.07) is 118. The van der Waals surface area contributed by atoms with Gasteiger partial charge in [0.1, 0.15) is 0 Å². The standard InChI is InChI=1S/C101H86BN3/c1-97(2,3)70-45-48-90-81(57-70)82-58-71(98(4,5)6)46-49-91(82)103(90)75-59-94-96-95(60-75)105(89-43-29-25-36-76(89)65-34-20-15-21-35-65)92-55-66(69-51-72(99(7,8)9)56-73(52-69)100(10,11)12)44-47-87(92)102(96)88-62-86-80(79-39-24-28-42-85(79)101(86)83-40-26-22-37-77(83)78-38-23-27-41-84(78)101)61-93(88)104(94)74-53-67(63-30-16-13-17-31-63)50-68(54-74)64-32-18-14-19-33-64/h13-62H,1-12H3. The average molecular weight is 1350 g/mol. The minimum absolute atomic E-state index is 0.0812. The van der Waals surface area contributed by atoms with E-state index < -0.39 is 5.41 Å². The van der Waals surface area contributed by atoms with E-state index >= 15 is 0 Å². The Hall–Kier alpha value is -11.5. The van der Waals surface area contributed by atoms with Gasteiger partial charge < -0.3 is 14.4 Å². The summed E-state index contributed by atoms with van der Waals surface area (Å²) in [6.45, 7) is 28.0. The summed E-state index contributed by atoms with van der Waals surface area (Å²) in [5.74, 6) is 0. The first-order valence-corrected chi connectivity index (χ1v) is 37.7. The molecular formula is C101H86BN3. The number of para-hydroxylation sites is 1. The molecule has 2 aliphatic carbocycles. The van der Waals surface area contributed by atoms with E-state index in [0.717, 1.165) is 73.2 Å². The summed E-state index contributed by atoms with van der Waals surface area (Å²) in [5, 5.41) is 2.51. The van der Waals surface area contributed by atoms with Crippen molar-refractivity contribution in [3.63, 3.8) is 0 Å².